The quantitative estimate of drug-likeness (QED) is 0.480. The summed E-state index contributed by atoms with van der Waals surface area (Å²) in [5, 5.41) is 1.19. The summed E-state index contributed by atoms with van der Waals surface area (Å²) in [7, 11) is 1.67. The minimum atomic E-state index is -1.55. The number of allylic oxidation sites excluding steroid dienone is 1. The van der Waals surface area contributed by atoms with Gasteiger partial charge in [-0.15, -0.1) is 0 Å². The minimum absolute atomic E-state index is 0.181. The Labute approximate surface area is 145 Å². The summed E-state index contributed by atoms with van der Waals surface area (Å²) < 4.78 is 11.8. The molecule has 1 unspecified atom stereocenters. The third kappa shape index (κ3) is 3.97. The van der Waals surface area contributed by atoms with Crippen LogP contribution < -0.4 is 10.0 Å². The van der Waals surface area contributed by atoms with Crippen molar-refractivity contribution in [2.24, 2.45) is 5.92 Å². The third-order valence-corrected chi connectivity index (χ3v) is 7.72. The fraction of sp³-hybridized carbons (Fsp3) is 0.529. The van der Waals surface area contributed by atoms with Crippen LogP contribution in [0.15, 0.2) is 36.4 Å². The van der Waals surface area contributed by atoms with Crippen molar-refractivity contribution in [3.8, 4) is 5.75 Å². The Bertz CT molecular complexity index is 576. The highest BCUT2D eigenvalue weighted by Crippen LogP contribution is 2.45. The molecule has 1 aliphatic carbocycles. The van der Waals surface area contributed by atoms with Crippen LogP contribution in [0.5, 0.6) is 5.75 Å². The maximum Gasteiger partial charge on any atom is 0.129 e. The van der Waals surface area contributed by atoms with Gasteiger partial charge in [0.2, 0.25) is 0 Å². The topological polar surface area (TPSA) is 18.5 Å². The fourth-order valence-electron chi connectivity index (χ4n) is 2.91. The van der Waals surface area contributed by atoms with Crippen LogP contribution in [0.1, 0.15) is 33.1 Å². The van der Waals surface area contributed by atoms with Crippen LogP contribution in [0.4, 0.5) is 0 Å². The van der Waals surface area contributed by atoms with Crippen molar-refractivity contribution in [3.05, 3.63) is 36.4 Å². The summed E-state index contributed by atoms with van der Waals surface area (Å²) >= 11 is 10.5. The maximum atomic E-state index is 6.38. The van der Waals surface area contributed by atoms with E-state index in [-0.39, 0.29) is 10.9 Å². The molecule has 0 saturated heterocycles. The van der Waals surface area contributed by atoms with Gasteiger partial charge in [0.1, 0.15) is 5.75 Å². The van der Waals surface area contributed by atoms with Gasteiger partial charge in [0.25, 0.3) is 0 Å². The first-order valence-corrected chi connectivity index (χ1v) is 10.6. The average Bonchev–Trinajstić information content (AvgIpc) is 2.49. The molecule has 0 spiro atoms. The first-order chi connectivity index (χ1) is 10.4. The molecule has 0 bridgehead atoms. The van der Waals surface area contributed by atoms with Crippen molar-refractivity contribution < 1.29 is 9.26 Å². The lowest BCUT2D eigenvalue weighted by Gasteiger charge is -2.42. The summed E-state index contributed by atoms with van der Waals surface area (Å²) in [6, 6.07) is 7.88. The van der Waals surface area contributed by atoms with Crippen molar-refractivity contribution in [2.45, 2.75) is 44.0 Å². The van der Waals surface area contributed by atoms with Gasteiger partial charge < -0.3 is 9.26 Å². The summed E-state index contributed by atoms with van der Waals surface area (Å²) in [4.78, 5) is 0. The van der Waals surface area contributed by atoms with E-state index in [4.69, 9.17) is 33.7 Å². The minimum Gasteiger partial charge on any atom is -0.496 e. The molecule has 0 amide bonds. The normalized spacial score (nSPS) is 29.8. The zero-order valence-electron chi connectivity index (χ0n) is 13.5. The summed E-state index contributed by atoms with van der Waals surface area (Å²) in [5.74, 6) is 1.37. The molecule has 22 heavy (non-hydrogen) atoms. The second-order valence-electron chi connectivity index (χ2n) is 6.24. The molecule has 0 heterocycles. The van der Waals surface area contributed by atoms with E-state index in [0.29, 0.717) is 5.92 Å². The molecule has 2 nitrogen and oxygen atoms in total. The zero-order chi connectivity index (χ0) is 16.3. The second kappa shape index (κ2) is 7.53. The molecular weight excluding hydrogens is 331 g/mol. The van der Waals surface area contributed by atoms with Crippen LogP contribution in [-0.4, -0.2) is 18.0 Å². The smallest absolute Gasteiger partial charge is 0.129 e. The molecule has 1 aromatic rings. The Balaban J connectivity index is 2.12. The SMILES string of the molecule is C=C(C)[C@@H]1CC[C@](C)(O[PH](=S)c2ccccc2OC)[C@@H](S)C1. The van der Waals surface area contributed by atoms with Crippen molar-refractivity contribution in [3.63, 3.8) is 0 Å². The standard InChI is InChI=1S/C17H25O2PS2/c1-12(2)13-9-10-17(3,16(21)11-13)19-20(22)15-8-6-5-7-14(15)18-4/h5-8,13,16,20-21H,1,9-11H2,2-4H3/t13-,16+,17+/m1/s1. The predicted molar refractivity (Wildman–Crippen MR) is 103 cm³/mol. The molecular formula is C17H25O2PS2. The largest absolute Gasteiger partial charge is 0.496 e. The number of methoxy groups -OCH3 is 1. The highest BCUT2D eigenvalue weighted by molar-refractivity contribution is 8.06. The maximum absolute atomic E-state index is 6.38. The van der Waals surface area contributed by atoms with Crippen LogP contribution in [0.3, 0.4) is 0 Å². The van der Waals surface area contributed by atoms with E-state index in [0.717, 1.165) is 30.3 Å². The number of hydrogen-bond donors (Lipinski definition) is 1. The lowest BCUT2D eigenvalue weighted by Crippen LogP contribution is -2.43. The van der Waals surface area contributed by atoms with Gasteiger partial charge in [0.05, 0.1) is 19.6 Å². The Morgan fingerprint density at radius 1 is 1.45 bits per heavy atom. The lowest BCUT2D eigenvalue weighted by molar-refractivity contribution is 0.0626. The summed E-state index contributed by atoms with van der Waals surface area (Å²) in [6.45, 7) is 6.79. The monoisotopic (exact) mass is 356 g/mol. The van der Waals surface area contributed by atoms with Gasteiger partial charge in [0.15, 0.2) is 0 Å². The Kier molecular flexibility index (Phi) is 6.18. The van der Waals surface area contributed by atoms with Crippen LogP contribution in [-0.2, 0) is 16.3 Å². The Morgan fingerprint density at radius 2 is 2.14 bits per heavy atom. The molecule has 1 fully saturated rings. The number of rotatable bonds is 5. The van der Waals surface area contributed by atoms with Crippen LogP contribution in [0.25, 0.3) is 0 Å². The first-order valence-electron chi connectivity index (χ1n) is 7.57. The Morgan fingerprint density at radius 3 is 2.73 bits per heavy atom. The van der Waals surface area contributed by atoms with Gasteiger partial charge >= 0.3 is 0 Å². The van der Waals surface area contributed by atoms with Crippen molar-refractivity contribution in [1.82, 2.24) is 0 Å². The van der Waals surface area contributed by atoms with E-state index in [1.807, 2.05) is 24.3 Å². The highest BCUT2D eigenvalue weighted by Gasteiger charge is 2.40. The van der Waals surface area contributed by atoms with Crippen LogP contribution in [0.2, 0.25) is 0 Å². The molecule has 0 aromatic heterocycles. The van der Waals surface area contributed by atoms with Gasteiger partial charge in [-0.05, 0) is 51.2 Å². The van der Waals surface area contributed by atoms with E-state index in [1.54, 1.807) is 7.11 Å². The number of ether oxygens (including phenoxy) is 1. The molecule has 5 heteroatoms. The average molecular weight is 356 g/mol. The van der Waals surface area contributed by atoms with E-state index >= 15 is 0 Å². The molecule has 0 N–H and O–H groups in total. The molecule has 1 saturated carbocycles. The van der Waals surface area contributed by atoms with Gasteiger partial charge in [-0.1, -0.05) is 36.1 Å². The number of hydrogen-bond acceptors (Lipinski definition) is 4. The lowest BCUT2D eigenvalue weighted by atomic mass is 9.77. The molecule has 0 radical (unpaired) electrons. The van der Waals surface area contributed by atoms with E-state index < -0.39 is 6.92 Å². The number of para-hydroxylation sites is 1. The number of thiol groups is 1. The van der Waals surface area contributed by atoms with Crippen molar-refractivity contribution >= 4 is 36.7 Å². The van der Waals surface area contributed by atoms with E-state index in [9.17, 15) is 0 Å². The molecule has 1 aromatic carbocycles. The van der Waals surface area contributed by atoms with E-state index in [1.165, 1.54) is 5.57 Å². The molecule has 1 aliphatic rings. The first kappa shape index (κ1) is 18.1. The molecule has 0 aliphatic heterocycles. The van der Waals surface area contributed by atoms with Crippen LogP contribution >= 0.6 is 19.6 Å². The third-order valence-electron chi connectivity index (χ3n) is 4.55. The fourth-order valence-corrected chi connectivity index (χ4v) is 5.92. The highest BCUT2D eigenvalue weighted by atomic mass is 32.4. The van der Waals surface area contributed by atoms with Gasteiger partial charge in [-0.2, -0.15) is 12.6 Å². The van der Waals surface area contributed by atoms with Gasteiger partial charge in [-0.3, -0.25) is 0 Å². The molecule has 122 valence electrons. The van der Waals surface area contributed by atoms with Crippen molar-refractivity contribution in [2.75, 3.05) is 7.11 Å². The van der Waals surface area contributed by atoms with Gasteiger partial charge in [-0.25, -0.2) is 0 Å². The molecule has 4 atom stereocenters. The molecule has 2 rings (SSSR count). The second-order valence-corrected chi connectivity index (χ2v) is 9.29. The Hall–Kier alpha value is -0.280. The summed E-state index contributed by atoms with van der Waals surface area (Å²) in [6.07, 6.45) is 3.07. The van der Waals surface area contributed by atoms with Gasteiger partial charge in [0, 0.05) is 10.6 Å². The number of benzene rings is 1. The zero-order valence-corrected chi connectivity index (χ0v) is 16.2. The van der Waals surface area contributed by atoms with E-state index in [2.05, 4.69) is 20.4 Å². The predicted octanol–water partition coefficient (Wildman–Crippen LogP) is 4.36. The van der Waals surface area contributed by atoms with Crippen molar-refractivity contribution in [1.29, 1.82) is 0 Å². The van der Waals surface area contributed by atoms with Crippen LogP contribution in [0, 0.1) is 5.92 Å². The summed E-state index contributed by atoms with van der Waals surface area (Å²) in [5.41, 5.74) is 0.973.